The Bertz CT molecular complexity index is 392. The third-order valence-corrected chi connectivity index (χ3v) is 4.39. The van der Waals surface area contributed by atoms with Crippen LogP contribution in [0.3, 0.4) is 0 Å². The van der Waals surface area contributed by atoms with E-state index in [9.17, 15) is 5.11 Å². The van der Waals surface area contributed by atoms with E-state index in [4.69, 9.17) is 14.2 Å². The number of ether oxygens (including phenoxy) is 3. The Labute approximate surface area is 114 Å². The van der Waals surface area contributed by atoms with Gasteiger partial charge in [0, 0.05) is 6.42 Å². The fraction of sp³-hybridized carbons (Fsp3) is 0.733. The lowest BCUT2D eigenvalue weighted by molar-refractivity contribution is -0.269. The molecular formula is C15H22O4. The molecule has 0 aliphatic carbocycles. The Morgan fingerprint density at radius 1 is 1.26 bits per heavy atom. The fourth-order valence-corrected chi connectivity index (χ4v) is 3.54. The third kappa shape index (κ3) is 2.17. The van der Waals surface area contributed by atoms with Crippen molar-refractivity contribution in [3.63, 3.8) is 0 Å². The molecule has 0 radical (unpaired) electrons. The van der Waals surface area contributed by atoms with Gasteiger partial charge in [-0.3, -0.25) is 0 Å². The van der Waals surface area contributed by atoms with Crippen LogP contribution in [0, 0.1) is 5.92 Å². The maximum absolute atomic E-state index is 10.6. The summed E-state index contributed by atoms with van der Waals surface area (Å²) in [6.07, 6.45) is 10.7. The smallest absolute Gasteiger partial charge is 0.176 e. The molecule has 3 rings (SSSR count). The Morgan fingerprint density at radius 2 is 2.16 bits per heavy atom. The van der Waals surface area contributed by atoms with Crippen molar-refractivity contribution in [3.8, 4) is 0 Å². The van der Waals surface area contributed by atoms with E-state index in [0.717, 1.165) is 19.3 Å². The van der Waals surface area contributed by atoms with Gasteiger partial charge in [0.15, 0.2) is 5.79 Å². The van der Waals surface area contributed by atoms with Crippen molar-refractivity contribution in [2.75, 3.05) is 19.8 Å². The summed E-state index contributed by atoms with van der Waals surface area (Å²) in [6, 6.07) is 0. The second-order valence-electron chi connectivity index (χ2n) is 5.66. The first-order chi connectivity index (χ1) is 9.20. The molecular weight excluding hydrogens is 244 g/mol. The van der Waals surface area contributed by atoms with E-state index >= 15 is 0 Å². The van der Waals surface area contributed by atoms with Crippen LogP contribution in [-0.4, -0.2) is 42.4 Å². The minimum atomic E-state index is -0.849. The molecule has 4 heteroatoms. The van der Waals surface area contributed by atoms with Crippen LogP contribution in [0.4, 0.5) is 0 Å². The van der Waals surface area contributed by atoms with Crippen LogP contribution in [0.15, 0.2) is 24.3 Å². The highest BCUT2D eigenvalue weighted by Crippen LogP contribution is 2.52. The summed E-state index contributed by atoms with van der Waals surface area (Å²) < 4.78 is 17.5. The molecule has 0 aromatic heterocycles. The number of aliphatic hydroxyl groups is 1. The van der Waals surface area contributed by atoms with Gasteiger partial charge in [-0.15, -0.1) is 0 Å². The molecule has 106 valence electrons. The number of hydrogen-bond acceptors (Lipinski definition) is 4. The molecule has 3 saturated heterocycles. The topological polar surface area (TPSA) is 47.9 Å². The summed E-state index contributed by atoms with van der Waals surface area (Å²) in [5, 5.41) is 10.6. The molecule has 4 atom stereocenters. The maximum atomic E-state index is 10.6. The lowest BCUT2D eigenvalue weighted by Crippen LogP contribution is -2.52. The molecule has 0 spiro atoms. The van der Waals surface area contributed by atoms with Crippen molar-refractivity contribution in [1.82, 2.24) is 0 Å². The van der Waals surface area contributed by atoms with Crippen LogP contribution in [0.1, 0.15) is 26.2 Å². The second kappa shape index (κ2) is 5.02. The molecule has 3 fully saturated rings. The molecule has 3 heterocycles. The monoisotopic (exact) mass is 266 g/mol. The third-order valence-electron chi connectivity index (χ3n) is 4.39. The normalized spacial score (nSPS) is 45.4. The summed E-state index contributed by atoms with van der Waals surface area (Å²) >= 11 is 0. The van der Waals surface area contributed by atoms with E-state index in [0.29, 0.717) is 19.8 Å². The van der Waals surface area contributed by atoms with Gasteiger partial charge in [-0.05, 0) is 19.8 Å². The fourth-order valence-electron chi connectivity index (χ4n) is 3.54. The minimum absolute atomic E-state index is 0.0381. The molecule has 1 N–H and O–H groups in total. The number of rotatable bonds is 4. The van der Waals surface area contributed by atoms with E-state index < -0.39 is 11.4 Å². The van der Waals surface area contributed by atoms with Crippen LogP contribution in [0.2, 0.25) is 0 Å². The van der Waals surface area contributed by atoms with E-state index in [1.165, 1.54) is 0 Å². The molecule has 0 aromatic rings. The highest BCUT2D eigenvalue weighted by Gasteiger charge is 2.66. The highest BCUT2D eigenvalue weighted by molar-refractivity contribution is 5.11. The summed E-state index contributed by atoms with van der Waals surface area (Å²) in [6.45, 7) is 3.35. The van der Waals surface area contributed by atoms with Gasteiger partial charge < -0.3 is 19.3 Å². The van der Waals surface area contributed by atoms with Gasteiger partial charge in [-0.1, -0.05) is 24.3 Å². The molecule has 0 saturated carbocycles. The van der Waals surface area contributed by atoms with Crippen molar-refractivity contribution in [1.29, 1.82) is 0 Å². The van der Waals surface area contributed by atoms with Crippen molar-refractivity contribution in [3.05, 3.63) is 24.3 Å². The van der Waals surface area contributed by atoms with Crippen LogP contribution in [0.25, 0.3) is 0 Å². The van der Waals surface area contributed by atoms with Gasteiger partial charge >= 0.3 is 0 Å². The Kier molecular flexibility index (Phi) is 3.52. The molecule has 0 unspecified atom stereocenters. The maximum Gasteiger partial charge on any atom is 0.176 e. The first kappa shape index (κ1) is 13.3. The van der Waals surface area contributed by atoms with E-state index in [2.05, 4.69) is 6.08 Å². The molecule has 0 amide bonds. The molecule has 4 nitrogen and oxygen atoms in total. The van der Waals surface area contributed by atoms with Gasteiger partial charge in [0.1, 0.15) is 5.60 Å². The van der Waals surface area contributed by atoms with E-state index in [1.807, 2.05) is 25.2 Å². The number of allylic oxidation sites excluding steroid dienone is 4. The van der Waals surface area contributed by atoms with E-state index in [1.54, 1.807) is 0 Å². The summed E-state index contributed by atoms with van der Waals surface area (Å²) in [5.74, 6) is -0.682. The van der Waals surface area contributed by atoms with Gasteiger partial charge in [0.05, 0.1) is 31.8 Å². The predicted molar refractivity (Wildman–Crippen MR) is 70.6 cm³/mol. The first-order valence-electron chi connectivity index (χ1n) is 7.10. The van der Waals surface area contributed by atoms with E-state index in [-0.39, 0.29) is 12.0 Å². The van der Waals surface area contributed by atoms with Crippen molar-refractivity contribution < 1.29 is 19.3 Å². The van der Waals surface area contributed by atoms with Gasteiger partial charge in [0.25, 0.3) is 0 Å². The zero-order valence-corrected chi connectivity index (χ0v) is 11.4. The second-order valence-corrected chi connectivity index (χ2v) is 5.66. The van der Waals surface area contributed by atoms with Crippen LogP contribution >= 0.6 is 0 Å². The summed E-state index contributed by atoms with van der Waals surface area (Å²) in [7, 11) is 0. The molecule has 3 aliphatic heterocycles. The Balaban J connectivity index is 1.71. The average molecular weight is 266 g/mol. The summed E-state index contributed by atoms with van der Waals surface area (Å²) in [4.78, 5) is 0. The van der Waals surface area contributed by atoms with Crippen LogP contribution in [-0.2, 0) is 14.2 Å². The van der Waals surface area contributed by atoms with Gasteiger partial charge in [0.2, 0.25) is 0 Å². The molecule has 3 aliphatic rings. The summed E-state index contributed by atoms with van der Waals surface area (Å²) in [5.41, 5.74) is -0.849. The lowest BCUT2D eigenvalue weighted by Gasteiger charge is -2.41. The molecule has 0 aromatic carbocycles. The van der Waals surface area contributed by atoms with Gasteiger partial charge in [-0.25, -0.2) is 0 Å². The van der Waals surface area contributed by atoms with Crippen molar-refractivity contribution in [2.24, 2.45) is 5.92 Å². The highest BCUT2D eigenvalue weighted by atomic mass is 16.7. The SMILES string of the molecule is C/C=C/C=C/CC[C@]12OCC[C@@H]3OC[C@](O)(CO1)[C@@H]32. The van der Waals surface area contributed by atoms with Crippen LogP contribution < -0.4 is 0 Å². The zero-order valence-electron chi connectivity index (χ0n) is 11.4. The quantitative estimate of drug-likeness (QED) is 0.788. The van der Waals surface area contributed by atoms with Crippen LogP contribution in [0.5, 0.6) is 0 Å². The van der Waals surface area contributed by atoms with Crippen molar-refractivity contribution >= 4 is 0 Å². The molecule has 19 heavy (non-hydrogen) atoms. The average Bonchev–Trinajstić information content (AvgIpc) is 2.91. The Morgan fingerprint density at radius 3 is 3.00 bits per heavy atom. The number of hydrogen-bond donors (Lipinski definition) is 1. The molecule has 0 bridgehead atoms. The predicted octanol–water partition coefficient (Wildman–Crippen LogP) is 1.79. The lowest BCUT2D eigenvalue weighted by atomic mass is 9.78. The van der Waals surface area contributed by atoms with Gasteiger partial charge in [-0.2, -0.15) is 0 Å². The standard InChI is InChI=1S/C15H22O4/c1-2-3-4-5-6-8-15-13-12(7-9-18-15)17-10-14(13,16)11-19-15/h2-5,12-13,16H,6-11H2,1H3/b3-2+,5-4+/t12-,13+,14-,15-/m0/s1. The first-order valence-corrected chi connectivity index (χ1v) is 7.10. The Hall–Kier alpha value is -0.680. The van der Waals surface area contributed by atoms with Crippen molar-refractivity contribution in [2.45, 2.75) is 43.7 Å². The zero-order chi connectivity index (χ0) is 13.3. The minimum Gasteiger partial charge on any atom is -0.384 e. The largest absolute Gasteiger partial charge is 0.384 e.